The molecule has 0 amide bonds. The van der Waals surface area contributed by atoms with E-state index in [9.17, 15) is 10.2 Å². The van der Waals surface area contributed by atoms with Crippen LogP contribution in [0.2, 0.25) is 10.0 Å². The van der Waals surface area contributed by atoms with Crippen LogP contribution >= 0.6 is 23.2 Å². The van der Waals surface area contributed by atoms with Crippen molar-refractivity contribution in [1.82, 2.24) is 19.5 Å². The zero-order valence-electron chi connectivity index (χ0n) is 19.8. The first-order chi connectivity index (χ1) is 18.4. The second-order valence-electron chi connectivity index (χ2n) is 8.71. The Morgan fingerprint density at radius 2 is 1.84 bits per heavy atom. The van der Waals surface area contributed by atoms with Crippen LogP contribution in [-0.4, -0.2) is 54.7 Å². The van der Waals surface area contributed by atoms with E-state index in [-0.39, 0.29) is 19.0 Å². The summed E-state index contributed by atoms with van der Waals surface area (Å²) < 4.78 is 13.3. The highest BCUT2D eigenvalue weighted by atomic mass is 35.5. The summed E-state index contributed by atoms with van der Waals surface area (Å²) >= 11 is 12.2. The number of aromatic nitrogens is 4. The zero-order valence-corrected chi connectivity index (χ0v) is 21.3. The van der Waals surface area contributed by atoms with Gasteiger partial charge in [-0.2, -0.15) is 5.26 Å². The molecule has 1 aliphatic heterocycles. The molecule has 38 heavy (non-hydrogen) atoms. The second kappa shape index (κ2) is 11.1. The summed E-state index contributed by atoms with van der Waals surface area (Å²) in [5, 5.41) is 34.7. The van der Waals surface area contributed by atoms with Crippen LogP contribution in [0.25, 0.3) is 11.2 Å². The predicted octanol–water partition coefficient (Wildman–Crippen LogP) is 3.04. The molecular formula is C25H23Cl2N7O4. The smallest absolute Gasteiger partial charge is 0.207 e. The van der Waals surface area contributed by atoms with Crippen molar-refractivity contribution in [1.29, 1.82) is 5.26 Å². The lowest BCUT2D eigenvalue weighted by molar-refractivity contribution is -0.0675. The molecule has 13 heteroatoms. The summed E-state index contributed by atoms with van der Waals surface area (Å²) in [6.07, 6.45) is -3.12. The molecule has 0 unspecified atom stereocenters. The fourth-order valence-corrected chi connectivity index (χ4v) is 4.49. The summed E-state index contributed by atoms with van der Waals surface area (Å²) in [5.41, 5.74) is 8.91. The van der Waals surface area contributed by atoms with Gasteiger partial charge >= 0.3 is 0 Å². The van der Waals surface area contributed by atoms with E-state index in [0.29, 0.717) is 39.3 Å². The van der Waals surface area contributed by atoms with Crippen molar-refractivity contribution in [2.24, 2.45) is 0 Å². The monoisotopic (exact) mass is 555 g/mol. The lowest BCUT2D eigenvalue weighted by Gasteiger charge is -2.20. The summed E-state index contributed by atoms with van der Waals surface area (Å²) in [5.74, 6) is 0.454. The number of nitrogens with two attached hydrogens (primary N) is 1. The minimum absolute atomic E-state index is 0.0184. The Balaban J connectivity index is 1.35. The van der Waals surface area contributed by atoms with Gasteiger partial charge in [-0.1, -0.05) is 41.4 Å². The molecule has 11 nitrogen and oxygen atoms in total. The maximum Gasteiger partial charge on any atom is 0.207 e. The number of imidazole rings is 1. The lowest BCUT2D eigenvalue weighted by atomic mass is 10.1. The summed E-state index contributed by atoms with van der Waals surface area (Å²) in [4.78, 5) is 12.8. The molecule has 0 radical (unpaired) electrons. The molecule has 3 heterocycles. The predicted molar refractivity (Wildman–Crippen MR) is 140 cm³/mol. The van der Waals surface area contributed by atoms with E-state index in [2.05, 4.69) is 26.3 Å². The molecule has 1 aliphatic rings. The van der Waals surface area contributed by atoms with Crippen LogP contribution in [0.15, 0.2) is 48.8 Å². The van der Waals surface area contributed by atoms with E-state index in [0.717, 1.165) is 11.1 Å². The number of benzene rings is 2. The third-order valence-corrected chi connectivity index (χ3v) is 6.90. The Hall–Kier alpha value is -3.50. The third kappa shape index (κ3) is 5.23. The van der Waals surface area contributed by atoms with Crippen molar-refractivity contribution >= 4 is 46.1 Å². The molecule has 4 aromatic rings. The molecular weight excluding hydrogens is 533 g/mol. The Kier molecular flexibility index (Phi) is 7.62. The van der Waals surface area contributed by atoms with Crippen molar-refractivity contribution in [2.75, 3.05) is 17.7 Å². The Morgan fingerprint density at radius 3 is 2.58 bits per heavy atom. The van der Waals surface area contributed by atoms with E-state index in [4.69, 9.17) is 43.7 Å². The van der Waals surface area contributed by atoms with Gasteiger partial charge < -0.3 is 30.7 Å². The zero-order chi connectivity index (χ0) is 26.8. The van der Waals surface area contributed by atoms with E-state index >= 15 is 0 Å². The van der Waals surface area contributed by atoms with Gasteiger partial charge in [0.15, 0.2) is 23.2 Å². The molecule has 0 bridgehead atoms. The highest BCUT2D eigenvalue weighted by molar-refractivity contribution is 6.42. The lowest BCUT2D eigenvalue weighted by Crippen LogP contribution is -2.34. The number of nitriles is 1. The first-order valence-electron chi connectivity index (χ1n) is 11.6. The average Bonchev–Trinajstić information content (AvgIpc) is 3.42. The van der Waals surface area contributed by atoms with Crippen LogP contribution in [-0.2, 0) is 22.6 Å². The second-order valence-corrected chi connectivity index (χ2v) is 9.52. The summed E-state index contributed by atoms with van der Waals surface area (Å²) in [6, 6.07) is 14.3. The normalized spacial score (nSPS) is 21.0. The number of fused-ring (bicyclic) bond motifs is 1. The summed E-state index contributed by atoms with van der Waals surface area (Å²) in [7, 11) is 0. The summed E-state index contributed by atoms with van der Waals surface area (Å²) in [6.45, 7) is 0.577. The maximum absolute atomic E-state index is 10.9. The van der Waals surface area contributed by atoms with Gasteiger partial charge in [0.05, 0.1) is 34.9 Å². The van der Waals surface area contributed by atoms with Gasteiger partial charge in [-0.05, 0) is 35.4 Å². The quantitative estimate of drug-likeness (QED) is 0.254. The average molecular weight is 556 g/mol. The standard InChI is InChI=1S/C25H23Cl2N7O4/c26-16-6-5-15(7-17(16)27)9-30-25-33-19-22(29)31-12-32-23(19)34(25)24-21(36)20(35)18(38-24)11-37-10-14-3-1-13(8-28)2-4-14/h1-7,12,18,20-21,24,35-36H,9-11H2,(H,30,33)(H2,29,31,32)/t18-,20-,21+,24-/m1/s1. The van der Waals surface area contributed by atoms with E-state index in [1.807, 2.05) is 6.07 Å². The minimum Gasteiger partial charge on any atom is -0.387 e. The molecule has 5 N–H and O–H groups in total. The van der Waals surface area contributed by atoms with Crippen molar-refractivity contribution in [2.45, 2.75) is 37.7 Å². The molecule has 0 spiro atoms. The van der Waals surface area contributed by atoms with E-state index in [1.165, 1.54) is 6.33 Å². The van der Waals surface area contributed by atoms with Gasteiger partial charge in [0, 0.05) is 6.54 Å². The van der Waals surface area contributed by atoms with Crippen molar-refractivity contribution in [3.05, 3.63) is 75.5 Å². The number of hydrogen-bond donors (Lipinski definition) is 4. The topological polar surface area (TPSA) is 164 Å². The Morgan fingerprint density at radius 1 is 1.08 bits per heavy atom. The largest absolute Gasteiger partial charge is 0.387 e. The van der Waals surface area contributed by atoms with Gasteiger partial charge in [-0.15, -0.1) is 0 Å². The number of aliphatic hydroxyl groups excluding tert-OH is 2. The molecule has 2 aromatic carbocycles. The van der Waals surface area contributed by atoms with Crippen molar-refractivity contribution in [3.8, 4) is 6.07 Å². The number of ether oxygens (including phenoxy) is 2. The number of halogens is 2. The number of aliphatic hydroxyl groups is 2. The molecule has 5 rings (SSSR count). The molecule has 1 fully saturated rings. The van der Waals surface area contributed by atoms with Gasteiger partial charge in [0.1, 0.15) is 24.6 Å². The van der Waals surface area contributed by atoms with Gasteiger partial charge in [0.25, 0.3) is 0 Å². The van der Waals surface area contributed by atoms with Gasteiger partial charge in [0.2, 0.25) is 5.95 Å². The highest BCUT2D eigenvalue weighted by Gasteiger charge is 2.45. The number of rotatable bonds is 8. The molecule has 4 atom stereocenters. The van der Waals surface area contributed by atoms with Crippen molar-refractivity contribution < 1.29 is 19.7 Å². The minimum atomic E-state index is -1.31. The number of hydrogen-bond acceptors (Lipinski definition) is 10. The fraction of sp³-hybridized carbons (Fsp3) is 0.280. The van der Waals surface area contributed by atoms with Gasteiger partial charge in [-0.3, -0.25) is 4.57 Å². The molecule has 196 valence electrons. The number of nitrogens with one attached hydrogen (secondary N) is 1. The Bertz CT molecular complexity index is 1490. The van der Waals surface area contributed by atoms with Crippen LogP contribution in [0.5, 0.6) is 0 Å². The van der Waals surface area contributed by atoms with Crippen LogP contribution in [0.4, 0.5) is 11.8 Å². The highest BCUT2D eigenvalue weighted by Crippen LogP contribution is 2.35. The van der Waals surface area contributed by atoms with Gasteiger partial charge in [-0.25, -0.2) is 15.0 Å². The van der Waals surface area contributed by atoms with Crippen molar-refractivity contribution in [3.63, 3.8) is 0 Å². The Labute approximate surface area is 227 Å². The molecule has 0 saturated carbocycles. The maximum atomic E-state index is 10.9. The SMILES string of the molecule is N#Cc1ccc(COC[C@H]2O[C@@H](n3c(NCc4ccc(Cl)c(Cl)c4)nc4c(N)ncnc43)[C@@H](O)[C@@H]2O)cc1. The van der Waals surface area contributed by atoms with Crippen LogP contribution in [0, 0.1) is 11.3 Å². The van der Waals surface area contributed by atoms with E-state index in [1.54, 1.807) is 41.0 Å². The molecule has 2 aromatic heterocycles. The number of nitrogen functional groups attached to an aromatic ring is 1. The first-order valence-corrected chi connectivity index (χ1v) is 12.4. The van der Waals surface area contributed by atoms with Crippen LogP contribution < -0.4 is 11.1 Å². The first kappa shape index (κ1) is 26.1. The number of anilines is 2. The molecule has 0 aliphatic carbocycles. The van der Waals surface area contributed by atoms with E-state index < -0.39 is 24.5 Å². The van der Waals surface area contributed by atoms with Crippen LogP contribution in [0.1, 0.15) is 22.9 Å². The van der Waals surface area contributed by atoms with Crippen LogP contribution in [0.3, 0.4) is 0 Å². The fourth-order valence-electron chi connectivity index (χ4n) is 4.17. The number of nitrogens with zero attached hydrogens (tertiary/aromatic N) is 5. The molecule has 1 saturated heterocycles. The third-order valence-electron chi connectivity index (χ3n) is 6.17.